The first kappa shape index (κ1) is 12.6. The number of pyridine rings is 1. The molecule has 1 heterocycles. The first-order valence-electron chi connectivity index (χ1n) is 6.83. The summed E-state index contributed by atoms with van der Waals surface area (Å²) in [6.07, 6.45) is 6.08. The minimum absolute atomic E-state index is 0.174. The molecule has 0 bridgehead atoms. The lowest BCUT2D eigenvalue weighted by Crippen LogP contribution is -2.33. The van der Waals surface area contributed by atoms with Gasteiger partial charge in [0.25, 0.3) is 0 Å². The maximum Gasteiger partial charge on any atom is 0.0481 e. The molecule has 1 aliphatic carbocycles. The van der Waals surface area contributed by atoms with Crippen molar-refractivity contribution < 1.29 is 0 Å². The van der Waals surface area contributed by atoms with Crippen LogP contribution in [0.1, 0.15) is 50.9 Å². The zero-order valence-electron chi connectivity index (χ0n) is 11.1. The van der Waals surface area contributed by atoms with Crippen LogP contribution in [0, 0.1) is 5.92 Å². The van der Waals surface area contributed by atoms with Crippen molar-refractivity contribution in [3.8, 4) is 0 Å². The fraction of sp³-hybridized carbons (Fsp3) is 0.667. The normalized spacial score (nSPS) is 18.8. The predicted octanol–water partition coefficient (Wildman–Crippen LogP) is 3.05. The minimum Gasteiger partial charge on any atom is -0.330 e. The standard InChI is InChI=1S/C15H24N2/c1-12(2)10-13-6-5-7-14(17-13)15(11-16)8-3-4-9-15/h5-7,12H,3-4,8-11,16H2,1-2H3. The van der Waals surface area contributed by atoms with E-state index < -0.39 is 0 Å². The van der Waals surface area contributed by atoms with Gasteiger partial charge in [0.2, 0.25) is 0 Å². The first-order chi connectivity index (χ1) is 8.16. The van der Waals surface area contributed by atoms with E-state index >= 15 is 0 Å². The summed E-state index contributed by atoms with van der Waals surface area (Å²) < 4.78 is 0. The van der Waals surface area contributed by atoms with Crippen molar-refractivity contribution in [1.82, 2.24) is 4.98 Å². The van der Waals surface area contributed by atoms with Gasteiger partial charge in [0.1, 0.15) is 0 Å². The smallest absolute Gasteiger partial charge is 0.0481 e. The van der Waals surface area contributed by atoms with Crippen LogP contribution in [-0.4, -0.2) is 11.5 Å². The molecule has 0 saturated heterocycles. The Morgan fingerprint density at radius 2 is 2.00 bits per heavy atom. The summed E-state index contributed by atoms with van der Waals surface area (Å²) >= 11 is 0. The second-order valence-corrected chi connectivity index (χ2v) is 5.80. The fourth-order valence-corrected chi connectivity index (χ4v) is 2.92. The van der Waals surface area contributed by atoms with Crippen molar-refractivity contribution in [1.29, 1.82) is 0 Å². The first-order valence-corrected chi connectivity index (χ1v) is 6.83. The molecule has 0 unspecified atom stereocenters. The van der Waals surface area contributed by atoms with Gasteiger partial charge in [-0.3, -0.25) is 4.98 Å². The zero-order chi connectivity index (χ0) is 12.3. The summed E-state index contributed by atoms with van der Waals surface area (Å²) in [5.74, 6) is 0.662. The third-order valence-electron chi connectivity index (χ3n) is 3.92. The van der Waals surface area contributed by atoms with Crippen molar-refractivity contribution in [3.05, 3.63) is 29.6 Å². The Labute approximate surface area is 105 Å². The molecule has 17 heavy (non-hydrogen) atoms. The SMILES string of the molecule is CC(C)Cc1cccc(C2(CN)CCCC2)n1. The zero-order valence-corrected chi connectivity index (χ0v) is 11.1. The molecule has 0 radical (unpaired) electrons. The highest BCUT2D eigenvalue weighted by Gasteiger charge is 2.35. The topological polar surface area (TPSA) is 38.9 Å². The highest BCUT2D eigenvalue weighted by Crippen LogP contribution is 2.39. The Bertz CT molecular complexity index is 365. The van der Waals surface area contributed by atoms with Gasteiger partial charge in [-0.25, -0.2) is 0 Å². The van der Waals surface area contributed by atoms with Gasteiger partial charge >= 0.3 is 0 Å². The number of hydrogen-bond acceptors (Lipinski definition) is 2. The number of nitrogens with two attached hydrogens (primary N) is 1. The third kappa shape index (κ3) is 2.68. The lowest BCUT2D eigenvalue weighted by Gasteiger charge is -2.27. The summed E-state index contributed by atoms with van der Waals surface area (Å²) in [6.45, 7) is 5.22. The highest BCUT2D eigenvalue weighted by atomic mass is 14.8. The largest absolute Gasteiger partial charge is 0.330 e. The molecule has 94 valence electrons. The van der Waals surface area contributed by atoms with E-state index in [-0.39, 0.29) is 5.41 Å². The molecule has 1 saturated carbocycles. The van der Waals surface area contributed by atoms with Crippen LogP contribution in [0.25, 0.3) is 0 Å². The van der Waals surface area contributed by atoms with E-state index in [1.54, 1.807) is 0 Å². The molecule has 0 aromatic carbocycles. The lowest BCUT2D eigenvalue weighted by atomic mass is 9.82. The number of nitrogens with zero attached hydrogens (tertiary/aromatic N) is 1. The van der Waals surface area contributed by atoms with E-state index in [0.717, 1.165) is 13.0 Å². The maximum absolute atomic E-state index is 6.01. The molecule has 2 heteroatoms. The van der Waals surface area contributed by atoms with Crippen molar-refractivity contribution >= 4 is 0 Å². The van der Waals surface area contributed by atoms with E-state index in [2.05, 4.69) is 32.0 Å². The Kier molecular flexibility index (Phi) is 3.82. The molecule has 2 N–H and O–H groups in total. The highest BCUT2D eigenvalue weighted by molar-refractivity contribution is 5.22. The van der Waals surface area contributed by atoms with Crippen molar-refractivity contribution in [2.75, 3.05) is 6.54 Å². The molecular formula is C15H24N2. The van der Waals surface area contributed by atoms with E-state index in [9.17, 15) is 0 Å². The van der Waals surface area contributed by atoms with Crippen molar-refractivity contribution in [2.24, 2.45) is 11.7 Å². The summed E-state index contributed by atoms with van der Waals surface area (Å²) in [5, 5.41) is 0. The molecule has 0 aliphatic heterocycles. The quantitative estimate of drug-likeness (QED) is 0.866. The van der Waals surface area contributed by atoms with E-state index in [0.29, 0.717) is 5.92 Å². The van der Waals surface area contributed by atoms with Crippen LogP contribution in [0.2, 0.25) is 0 Å². The number of hydrogen-bond donors (Lipinski definition) is 1. The van der Waals surface area contributed by atoms with Crippen molar-refractivity contribution in [3.63, 3.8) is 0 Å². The number of aromatic nitrogens is 1. The Hall–Kier alpha value is -0.890. The van der Waals surface area contributed by atoms with Crippen LogP contribution in [0.5, 0.6) is 0 Å². The average Bonchev–Trinajstić information content (AvgIpc) is 2.78. The van der Waals surface area contributed by atoms with Gasteiger partial charge in [0.15, 0.2) is 0 Å². The third-order valence-corrected chi connectivity index (χ3v) is 3.92. The molecule has 0 amide bonds. The van der Waals surface area contributed by atoms with Crippen LogP contribution in [0.4, 0.5) is 0 Å². The van der Waals surface area contributed by atoms with Crippen LogP contribution in [0.3, 0.4) is 0 Å². The van der Waals surface area contributed by atoms with E-state index in [4.69, 9.17) is 10.7 Å². The van der Waals surface area contributed by atoms with E-state index in [1.165, 1.54) is 37.1 Å². The average molecular weight is 232 g/mol. The molecular weight excluding hydrogens is 208 g/mol. The molecule has 1 aliphatic rings. The van der Waals surface area contributed by atoms with Crippen LogP contribution in [-0.2, 0) is 11.8 Å². The summed E-state index contributed by atoms with van der Waals surface area (Å²) in [6, 6.07) is 6.46. The summed E-state index contributed by atoms with van der Waals surface area (Å²) in [5.41, 5.74) is 8.64. The van der Waals surface area contributed by atoms with Crippen LogP contribution < -0.4 is 5.73 Å². The fourth-order valence-electron chi connectivity index (χ4n) is 2.92. The summed E-state index contributed by atoms with van der Waals surface area (Å²) in [4.78, 5) is 4.86. The van der Waals surface area contributed by atoms with Crippen LogP contribution >= 0.6 is 0 Å². The molecule has 1 aromatic rings. The maximum atomic E-state index is 6.01. The van der Waals surface area contributed by atoms with Gasteiger partial charge in [-0.05, 0) is 37.3 Å². The summed E-state index contributed by atoms with van der Waals surface area (Å²) in [7, 11) is 0. The van der Waals surface area contributed by atoms with Crippen LogP contribution in [0.15, 0.2) is 18.2 Å². The molecule has 2 rings (SSSR count). The molecule has 2 nitrogen and oxygen atoms in total. The van der Waals surface area contributed by atoms with Crippen molar-refractivity contribution in [2.45, 2.75) is 51.4 Å². The number of rotatable bonds is 4. The van der Waals surface area contributed by atoms with Gasteiger partial charge in [-0.2, -0.15) is 0 Å². The lowest BCUT2D eigenvalue weighted by molar-refractivity contribution is 0.437. The predicted molar refractivity (Wildman–Crippen MR) is 72.0 cm³/mol. The van der Waals surface area contributed by atoms with Gasteiger partial charge in [-0.1, -0.05) is 32.8 Å². The van der Waals surface area contributed by atoms with Gasteiger partial charge in [-0.15, -0.1) is 0 Å². The molecule has 0 spiro atoms. The molecule has 1 aromatic heterocycles. The monoisotopic (exact) mass is 232 g/mol. The van der Waals surface area contributed by atoms with E-state index in [1.807, 2.05) is 0 Å². The molecule has 1 fully saturated rings. The second-order valence-electron chi connectivity index (χ2n) is 5.80. The second kappa shape index (κ2) is 5.18. The Morgan fingerprint density at radius 3 is 2.59 bits per heavy atom. The van der Waals surface area contributed by atoms with Gasteiger partial charge < -0.3 is 5.73 Å². The molecule has 0 atom stereocenters. The van der Waals surface area contributed by atoms with Gasteiger partial charge in [0, 0.05) is 23.3 Å². The Morgan fingerprint density at radius 1 is 1.29 bits per heavy atom. The minimum atomic E-state index is 0.174. The Balaban J connectivity index is 2.25. The van der Waals surface area contributed by atoms with Gasteiger partial charge in [0.05, 0.1) is 0 Å².